The van der Waals surface area contributed by atoms with E-state index < -0.39 is 0 Å². The van der Waals surface area contributed by atoms with E-state index in [0.717, 1.165) is 36.1 Å². The van der Waals surface area contributed by atoms with Gasteiger partial charge in [-0.1, -0.05) is 60.5 Å². The topological polar surface area (TPSA) is 29.5 Å². The van der Waals surface area contributed by atoms with Crippen molar-refractivity contribution in [2.45, 2.75) is 39.2 Å². The highest BCUT2D eigenvalue weighted by Gasteiger charge is 2.31. The third kappa shape index (κ3) is 4.60. The van der Waals surface area contributed by atoms with Crippen molar-refractivity contribution in [3.8, 4) is 11.8 Å². The highest BCUT2D eigenvalue weighted by atomic mass is 16.6. The van der Waals surface area contributed by atoms with Gasteiger partial charge in [-0.3, -0.25) is 4.90 Å². The second kappa shape index (κ2) is 9.09. The predicted molar refractivity (Wildman–Crippen MR) is 111 cm³/mol. The summed E-state index contributed by atoms with van der Waals surface area (Å²) in [4.78, 5) is 14.3. The molecule has 0 bridgehead atoms. The second-order valence-corrected chi connectivity index (χ2v) is 6.58. The van der Waals surface area contributed by atoms with Crippen LogP contribution in [0.3, 0.4) is 0 Å². The summed E-state index contributed by atoms with van der Waals surface area (Å²) in [5.74, 6) is 6.57. The lowest BCUT2D eigenvalue weighted by atomic mass is 9.97. The minimum atomic E-state index is -0.346. The summed E-state index contributed by atoms with van der Waals surface area (Å²) in [5.41, 5.74) is 4.25. The van der Waals surface area contributed by atoms with Crippen molar-refractivity contribution in [1.82, 2.24) is 0 Å². The molecule has 0 spiro atoms. The van der Waals surface area contributed by atoms with E-state index in [1.54, 1.807) is 4.90 Å². The fourth-order valence-electron chi connectivity index (χ4n) is 3.27. The van der Waals surface area contributed by atoms with E-state index in [2.05, 4.69) is 42.2 Å². The maximum absolute atomic E-state index is 12.6. The van der Waals surface area contributed by atoms with Gasteiger partial charge < -0.3 is 4.74 Å². The first-order chi connectivity index (χ1) is 13.2. The number of carbonyl (C=O) groups is 1. The van der Waals surface area contributed by atoms with Crippen molar-refractivity contribution < 1.29 is 9.53 Å². The van der Waals surface area contributed by atoms with E-state index in [0.29, 0.717) is 6.61 Å². The van der Waals surface area contributed by atoms with Crippen molar-refractivity contribution in [1.29, 1.82) is 0 Å². The molecule has 1 unspecified atom stereocenters. The van der Waals surface area contributed by atoms with E-state index in [1.165, 1.54) is 5.56 Å². The van der Waals surface area contributed by atoms with Gasteiger partial charge in [0.1, 0.15) is 6.04 Å². The number of benzene rings is 2. The maximum atomic E-state index is 12.6. The first-order valence-electron chi connectivity index (χ1n) is 9.46. The number of unbranched alkanes of at least 4 members (excludes halogenated alkanes) is 1. The van der Waals surface area contributed by atoms with E-state index in [1.807, 2.05) is 44.2 Å². The molecule has 2 aromatic rings. The SMILES string of the molecule is CCOC(=O)N1c2ccccc2C=C(C)C1C#CCCCc1ccccc1. The lowest BCUT2D eigenvalue weighted by Gasteiger charge is -2.33. The van der Waals surface area contributed by atoms with Crippen LogP contribution in [0.1, 0.15) is 37.8 Å². The van der Waals surface area contributed by atoms with E-state index in [4.69, 9.17) is 4.74 Å². The average Bonchev–Trinajstić information content (AvgIpc) is 2.68. The Labute approximate surface area is 161 Å². The van der Waals surface area contributed by atoms with Crippen LogP contribution in [0.25, 0.3) is 6.08 Å². The van der Waals surface area contributed by atoms with Crippen LogP contribution in [0.2, 0.25) is 0 Å². The number of anilines is 1. The number of ether oxygens (including phenoxy) is 1. The molecule has 138 valence electrons. The molecule has 3 nitrogen and oxygen atoms in total. The zero-order chi connectivity index (χ0) is 19.1. The molecule has 1 aliphatic rings. The Bertz CT molecular complexity index is 874. The van der Waals surface area contributed by atoms with Crippen molar-refractivity contribution >= 4 is 17.9 Å². The normalized spacial score (nSPS) is 15.3. The lowest BCUT2D eigenvalue weighted by Crippen LogP contribution is -2.42. The molecular formula is C24H25NO2. The van der Waals surface area contributed by atoms with Crippen LogP contribution in [0, 0.1) is 11.8 Å². The van der Waals surface area contributed by atoms with Crippen LogP contribution in [0.4, 0.5) is 10.5 Å². The fourth-order valence-corrected chi connectivity index (χ4v) is 3.27. The van der Waals surface area contributed by atoms with Crippen LogP contribution < -0.4 is 4.90 Å². The van der Waals surface area contributed by atoms with Gasteiger partial charge >= 0.3 is 6.09 Å². The lowest BCUT2D eigenvalue weighted by molar-refractivity contribution is 0.159. The molecule has 0 aromatic heterocycles. The molecule has 0 saturated heterocycles. The minimum absolute atomic E-state index is 0.282. The molecule has 1 aliphatic heterocycles. The van der Waals surface area contributed by atoms with Crippen molar-refractivity contribution in [3.63, 3.8) is 0 Å². The van der Waals surface area contributed by atoms with E-state index in [-0.39, 0.29) is 12.1 Å². The molecule has 0 N–H and O–H groups in total. The zero-order valence-electron chi connectivity index (χ0n) is 15.9. The summed E-state index contributed by atoms with van der Waals surface area (Å²) in [6, 6.07) is 18.0. The number of aryl methyl sites for hydroxylation is 1. The summed E-state index contributed by atoms with van der Waals surface area (Å²) in [6.07, 6.45) is 4.58. The van der Waals surface area contributed by atoms with Gasteiger partial charge in [0.15, 0.2) is 0 Å². The van der Waals surface area contributed by atoms with Crippen molar-refractivity contribution in [2.75, 3.05) is 11.5 Å². The van der Waals surface area contributed by atoms with Gasteiger partial charge in [-0.05, 0) is 49.5 Å². The Kier molecular flexibility index (Phi) is 6.33. The molecule has 1 amide bonds. The van der Waals surface area contributed by atoms with Crippen LogP contribution >= 0.6 is 0 Å². The highest BCUT2D eigenvalue weighted by molar-refractivity contribution is 5.95. The molecule has 1 atom stereocenters. The zero-order valence-corrected chi connectivity index (χ0v) is 15.9. The molecule has 2 aromatic carbocycles. The minimum Gasteiger partial charge on any atom is -0.449 e. The number of amides is 1. The van der Waals surface area contributed by atoms with Crippen molar-refractivity contribution in [2.24, 2.45) is 0 Å². The Hall–Kier alpha value is -2.99. The molecule has 27 heavy (non-hydrogen) atoms. The molecule has 3 rings (SSSR count). The Morgan fingerprint density at radius 3 is 2.63 bits per heavy atom. The third-order valence-electron chi connectivity index (χ3n) is 4.58. The number of hydrogen-bond donors (Lipinski definition) is 0. The van der Waals surface area contributed by atoms with Gasteiger partial charge in [0.25, 0.3) is 0 Å². The Balaban J connectivity index is 1.74. The quantitative estimate of drug-likeness (QED) is 0.536. The molecule has 0 aliphatic carbocycles. The average molecular weight is 359 g/mol. The molecule has 0 radical (unpaired) electrons. The number of rotatable bonds is 4. The first kappa shape index (κ1) is 18.8. The highest BCUT2D eigenvalue weighted by Crippen LogP contribution is 2.32. The smallest absolute Gasteiger partial charge is 0.415 e. The van der Waals surface area contributed by atoms with E-state index >= 15 is 0 Å². The number of nitrogens with zero attached hydrogens (tertiary/aromatic N) is 1. The molecule has 0 fully saturated rings. The first-order valence-corrected chi connectivity index (χ1v) is 9.46. The Morgan fingerprint density at radius 1 is 1.11 bits per heavy atom. The van der Waals surface area contributed by atoms with Gasteiger partial charge in [0, 0.05) is 6.42 Å². The summed E-state index contributed by atoms with van der Waals surface area (Å²) in [5, 5.41) is 0. The van der Waals surface area contributed by atoms with Gasteiger partial charge in [0.2, 0.25) is 0 Å². The van der Waals surface area contributed by atoms with Gasteiger partial charge in [-0.2, -0.15) is 0 Å². The number of hydrogen-bond acceptors (Lipinski definition) is 2. The fraction of sp³-hybridized carbons (Fsp3) is 0.292. The standard InChI is InChI=1S/C24H25NO2/c1-3-27-24(26)25-22(19(2)18-21-15-10-11-17-23(21)25)16-9-5-8-14-20-12-6-4-7-13-20/h4,6-7,10-13,15,17-18,22H,3,5,8,14H2,1-2H3. The third-order valence-corrected chi connectivity index (χ3v) is 4.58. The summed E-state index contributed by atoms with van der Waals surface area (Å²) in [6.45, 7) is 4.18. The van der Waals surface area contributed by atoms with Gasteiger partial charge in [-0.25, -0.2) is 4.79 Å². The molecule has 1 heterocycles. The van der Waals surface area contributed by atoms with Crippen LogP contribution in [-0.4, -0.2) is 18.7 Å². The van der Waals surface area contributed by atoms with Gasteiger partial charge in [-0.15, -0.1) is 5.92 Å². The second-order valence-electron chi connectivity index (χ2n) is 6.58. The summed E-state index contributed by atoms with van der Waals surface area (Å²) < 4.78 is 5.29. The number of para-hydroxylation sites is 1. The van der Waals surface area contributed by atoms with Crippen LogP contribution in [0.5, 0.6) is 0 Å². The van der Waals surface area contributed by atoms with Crippen molar-refractivity contribution in [3.05, 3.63) is 71.3 Å². The van der Waals surface area contributed by atoms with Crippen LogP contribution in [-0.2, 0) is 11.2 Å². The molecule has 0 saturated carbocycles. The molecular weight excluding hydrogens is 334 g/mol. The summed E-state index contributed by atoms with van der Waals surface area (Å²) >= 11 is 0. The van der Waals surface area contributed by atoms with E-state index in [9.17, 15) is 4.79 Å². The van der Waals surface area contributed by atoms with Crippen LogP contribution in [0.15, 0.2) is 60.2 Å². The van der Waals surface area contributed by atoms with Gasteiger partial charge in [0.05, 0.1) is 12.3 Å². The summed E-state index contributed by atoms with van der Waals surface area (Å²) in [7, 11) is 0. The Morgan fingerprint density at radius 2 is 1.85 bits per heavy atom. The number of carbonyl (C=O) groups excluding carboxylic acids is 1. The predicted octanol–water partition coefficient (Wildman–Crippen LogP) is 5.46. The monoisotopic (exact) mass is 359 g/mol. The number of fused-ring (bicyclic) bond motifs is 1. The maximum Gasteiger partial charge on any atom is 0.415 e. The largest absolute Gasteiger partial charge is 0.449 e. The molecule has 3 heteroatoms.